The third-order valence-electron chi connectivity index (χ3n) is 4.79. The van der Waals surface area contributed by atoms with E-state index in [9.17, 15) is 9.59 Å². The number of nitrogens with zero attached hydrogens (tertiary/aromatic N) is 1. The fraction of sp³-hybridized carbons (Fsp3) is 0.867. The Morgan fingerprint density at radius 3 is 2.45 bits per heavy atom. The number of esters is 1. The summed E-state index contributed by atoms with van der Waals surface area (Å²) in [5.74, 6) is -0.136. The van der Waals surface area contributed by atoms with Crippen LogP contribution in [-0.2, 0) is 19.1 Å². The topological polar surface area (TPSA) is 55.8 Å². The molecule has 2 aliphatic heterocycles. The van der Waals surface area contributed by atoms with Crippen LogP contribution in [0, 0.1) is 17.8 Å². The normalized spacial score (nSPS) is 37.8. The number of carbonyl (C=O) groups is 2. The fourth-order valence-corrected chi connectivity index (χ4v) is 3.44. The van der Waals surface area contributed by atoms with Crippen molar-refractivity contribution < 1.29 is 19.1 Å². The van der Waals surface area contributed by atoms with Crippen LogP contribution in [0.1, 0.15) is 33.6 Å². The maximum absolute atomic E-state index is 12.7. The van der Waals surface area contributed by atoms with Crippen molar-refractivity contribution in [1.82, 2.24) is 4.90 Å². The second-order valence-electron chi connectivity index (χ2n) is 6.08. The Morgan fingerprint density at radius 1 is 1.20 bits per heavy atom. The summed E-state index contributed by atoms with van der Waals surface area (Å²) in [5.41, 5.74) is 0. The molecule has 0 aliphatic carbocycles. The van der Waals surface area contributed by atoms with Crippen molar-refractivity contribution in [2.45, 2.75) is 45.8 Å². The molecule has 0 saturated carbocycles. The first-order valence-electron chi connectivity index (χ1n) is 7.47. The van der Waals surface area contributed by atoms with Gasteiger partial charge in [-0.2, -0.15) is 0 Å². The van der Waals surface area contributed by atoms with Crippen molar-refractivity contribution >= 4 is 11.9 Å². The molecule has 2 aliphatic rings. The van der Waals surface area contributed by atoms with Crippen LogP contribution in [0.4, 0.5) is 0 Å². The lowest BCUT2D eigenvalue weighted by molar-refractivity contribution is -0.150. The maximum atomic E-state index is 12.7. The number of amides is 1. The van der Waals surface area contributed by atoms with Gasteiger partial charge in [0.15, 0.2) is 0 Å². The molecular weight excluding hydrogens is 258 g/mol. The minimum atomic E-state index is -0.209. The van der Waals surface area contributed by atoms with E-state index in [0.717, 1.165) is 19.4 Å². The summed E-state index contributed by atoms with van der Waals surface area (Å²) in [6, 6.07) is 0. The molecule has 2 fully saturated rings. The van der Waals surface area contributed by atoms with E-state index < -0.39 is 0 Å². The van der Waals surface area contributed by atoms with Gasteiger partial charge in [-0.05, 0) is 32.6 Å². The second-order valence-corrected chi connectivity index (χ2v) is 6.08. The summed E-state index contributed by atoms with van der Waals surface area (Å²) in [7, 11) is 1.40. The van der Waals surface area contributed by atoms with Gasteiger partial charge < -0.3 is 14.4 Å². The molecule has 2 rings (SSSR count). The molecule has 0 aromatic heterocycles. The van der Waals surface area contributed by atoms with Gasteiger partial charge in [0.2, 0.25) is 5.91 Å². The number of hydrogen-bond donors (Lipinski definition) is 0. The van der Waals surface area contributed by atoms with E-state index in [4.69, 9.17) is 9.47 Å². The summed E-state index contributed by atoms with van der Waals surface area (Å²) in [4.78, 5) is 26.2. The number of rotatable bonds is 2. The highest BCUT2D eigenvalue weighted by Crippen LogP contribution is 2.34. The lowest BCUT2D eigenvalue weighted by atomic mass is 9.87. The molecule has 2 heterocycles. The molecule has 114 valence electrons. The Labute approximate surface area is 120 Å². The van der Waals surface area contributed by atoms with Gasteiger partial charge in [-0.25, -0.2) is 0 Å². The highest BCUT2D eigenvalue weighted by Gasteiger charge is 2.44. The van der Waals surface area contributed by atoms with Crippen LogP contribution in [-0.4, -0.2) is 49.2 Å². The summed E-state index contributed by atoms with van der Waals surface area (Å²) in [6.07, 6.45) is 1.72. The van der Waals surface area contributed by atoms with Gasteiger partial charge in [0.1, 0.15) is 0 Å². The van der Waals surface area contributed by atoms with Gasteiger partial charge >= 0.3 is 5.97 Å². The molecule has 20 heavy (non-hydrogen) atoms. The molecule has 0 radical (unpaired) electrons. The lowest BCUT2D eigenvalue weighted by Gasteiger charge is -2.34. The highest BCUT2D eigenvalue weighted by atomic mass is 16.5. The Morgan fingerprint density at radius 2 is 1.90 bits per heavy atom. The van der Waals surface area contributed by atoms with E-state index in [-0.39, 0.29) is 41.8 Å². The average molecular weight is 283 g/mol. The zero-order valence-corrected chi connectivity index (χ0v) is 12.8. The van der Waals surface area contributed by atoms with Gasteiger partial charge in [0, 0.05) is 13.1 Å². The number of piperidine rings is 1. The van der Waals surface area contributed by atoms with E-state index in [2.05, 4.69) is 6.92 Å². The van der Waals surface area contributed by atoms with E-state index in [1.54, 1.807) is 0 Å². The van der Waals surface area contributed by atoms with E-state index in [1.165, 1.54) is 7.11 Å². The van der Waals surface area contributed by atoms with Crippen molar-refractivity contribution in [3.63, 3.8) is 0 Å². The molecule has 2 saturated heterocycles. The van der Waals surface area contributed by atoms with Crippen LogP contribution in [0.3, 0.4) is 0 Å². The molecule has 0 aromatic carbocycles. The molecule has 4 unspecified atom stereocenters. The number of methoxy groups -OCH3 is 1. The smallest absolute Gasteiger partial charge is 0.310 e. The SMILES string of the molecule is COC(=O)[C@H]1CCCN(C(=O)C2C(C)OC(C)C2C)C1. The van der Waals surface area contributed by atoms with E-state index in [1.807, 2.05) is 18.7 Å². The predicted octanol–water partition coefficient (Wildman–Crippen LogP) is 1.46. The molecule has 0 aromatic rings. The molecule has 5 nitrogen and oxygen atoms in total. The molecular formula is C15H25NO4. The number of ether oxygens (including phenoxy) is 2. The van der Waals surface area contributed by atoms with E-state index in [0.29, 0.717) is 6.54 Å². The first-order valence-corrected chi connectivity index (χ1v) is 7.47. The Kier molecular flexibility index (Phi) is 4.68. The highest BCUT2D eigenvalue weighted by molar-refractivity contribution is 5.81. The monoisotopic (exact) mass is 283 g/mol. The molecule has 0 bridgehead atoms. The van der Waals surface area contributed by atoms with Gasteiger partial charge in [-0.1, -0.05) is 6.92 Å². The van der Waals surface area contributed by atoms with Crippen molar-refractivity contribution in [1.29, 1.82) is 0 Å². The standard InChI is InChI=1S/C15H25NO4/c1-9-10(2)20-11(3)13(9)14(17)16-7-5-6-12(8-16)15(18)19-4/h9-13H,5-8H2,1-4H3/t9?,10?,11?,12-,13?/m0/s1. The Balaban J connectivity index is 2.03. The third kappa shape index (κ3) is 2.82. The first-order chi connectivity index (χ1) is 9.45. The van der Waals surface area contributed by atoms with Crippen molar-refractivity contribution in [3.05, 3.63) is 0 Å². The summed E-state index contributed by atoms with van der Waals surface area (Å²) < 4.78 is 10.6. The minimum Gasteiger partial charge on any atom is -0.469 e. The van der Waals surface area contributed by atoms with Crippen molar-refractivity contribution in [2.75, 3.05) is 20.2 Å². The van der Waals surface area contributed by atoms with Gasteiger partial charge in [0.25, 0.3) is 0 Å². The largest absolute Gasteiger partial charge is 0.469 e. The van der Waals surface area contributed by atoms with Gasteiger partial charge in [-0.15, -0.1) is 0 Å². The summed E-state index contributed by atoms with van der Waals surface area (Å²) in [6.45, 7) is 7.26. The van der Waals surface area contributed by atoms with Crippen LogP contribution in [0.25, 0.3) is 0 Å². The number of carbonyl (C=O) groups excluding carboxylic acids is 2. The first kappa shape index (κ1) is 15.3. The molecule has 5 heteroatoms. The fourth-order valence-electron chi connectivity index (χ4n) is 3.44. The third-order valence-corrected chi connectivity index (χ3v) is 4.79. The van der Waals surface area contributed by atoms with Crippen LogP contribution < -0.4 is 0 Å². The van der Waals surface area contributed by atoms with Crippen molar-refractivity contribution in [2.24, 2.45) is 17.8 Å². The van der Waals surface area contributed by atoms with Crippen LogP contribution in [0.2, 0.25) is 0 Å². The molecule has 1 amide bonds. The van der Waals surface area contributed by atoms with Gasteiger partial charge in [0.05, 0.1) is 31.2 Å². The van der Waals surface area contributed by atoms with E-state index >= 15 is 0 Å². The number of hydrogen-bond acceptors (Lipinski definition) is 4. The molecule has 0 N–H and O–H groups in total. The summed E-state index contributed by atoms with van der Waals surface area (Å²) >= 11 is 0. The lowest BCUT2D eigenvalue weighted by Crippen LogP contribution is -2.47. The molecule has 5 atom stereocenters. The zero-order chi connectivity index (χ0) is 14.9. The van der Waals surface area contributed by atoms with Crippen LogP contribution >= 0.6 is 0 Å². The number of likely N-dealkylation sites (tertiary alicyclic amines) is 1. The maximum Gasteiger partial charge on any atom is 0.310 e. The average Bonchev–Trinajstić information content (AvgIpc) is 2.70. The van der Waals surface area contributed by atoms with Gasteiger partial charge in [-0.3, -0.25) is 9.59 Å². The quantitative estimate of drug-likeness (QED) is 0.720. The van der Waals surface area contributed by atoms with Crippen LogP contribution in [0.5, 0.6) is 0 Å². The predicted molar refractivity (Wildman–Crippen MR) is 74.0 cm³/mol. The molecule has 0 spiro atoms. The summed E-state index contributed by atoms with van der Waals surface area (Å²) in [5, 5.41) is 0. The zero-order valence-electron chi connectivity index (χ0n) is 12.8. The van der Waals surface area contributed by atoms with Crippen LogP contribution in [0.15, 0.2) is 0 Å². The Hall–Kier alpha value is -1.10. The second kappa shape index (κ2) is 6.12. The van der Waals surface area contributed by atoms with Crippen molar-refractivity contribution in [3.8, 4) is 0 Å². The minimum absolute atomic E-state index is 0.0500. The Bertz CT molecular complexity index is 384.